The van der Waals surface area contributed by atoms with E-state index in [4.69, 9.17) is 0 Å². The van der Waals surface area contributed by atoms with E-state index in [-0.39, 0.29) is 19.0 Å². The van der Waals surface area contributed by atoms with Crippen molar-refractivity contribution in [2.45, 2.75) is 33.9 Å². The summed E-state index contributed by atoms with van der Waals surface area (Å²) >= 11 is 0. The Bertz CT molecular complexity index is 250. The van der Waals surface area contributed by atoms with Gasteiger partial charge in [0.05, 0.1) is 6.54 Å². The summed E-state index contributed by atoms with van der Waals surface area (Å²) in [6, 6.07) is 0. The number of amides is 1. The fourth-order valence-electron chi connectivity index (χ4n) is 1.65. The maximum Gasteiger partial charge on any atom is 0.406 e. The first-order chi connectivity index (χ1) is 8.19. The Morgan fingerprint density at radius 2 is 1.67 bits per heavy atom. The second kappa shape index (κ2) is 7.61. The van der Waals surface area contributed by atoms with Crippen LogP contribution in [0.1, 0.15) is 27.7 Å². The Kier molecular flexibility index (Phi) is 7.28. The van der Waals surface area contributed by atoms with E-state index in [1.165, 1.54) is 0 Å². The van der Waals surface area contributed by atoms with E-state index in [0.717, 1.165) is 4.90 Å². The van der Waals surface area contributed by atoms with E-state index < -0.39 is 18.6 Å². The molecule has 18 heavy (non-hydrogen) atoms. The first kappa shape index (κ1) is 17.2. The highest BCUT2D eigenvalue weighted by Crippen LogP contribution is 2.17. The topological polar surface area (TPSA) is 23.6 Å². The van der Waals surface area contributed by atoms with Gasteiger partial charge in [0.15, 0.2) is 0 Å². The maximum atomic E-state index is 12.4. The number of rotatable bonds is 7. The summed E-state index contributed by atoms with van der Waals surface area (Å²) in [6.07, 6.45) is -4.34. The van der Waals surface area contributed by atoms with Gasteiger partial charge in [0.25, 0.3) is 0 Å². The minimum atomic E-state index is -4.34. The average Bonchev–Trinajstić information content (AvgIpc) is 2.22. The molecule has 3 nitrogen and oxygen atoms in total. The fraction of sp³-hybridized carbons (Fsp3) is 0.917. The van der Waals surface area contributed by atoms with Crippen molar-refractivity contribution in [2.75, 3.05) is 32.7 Å². The molecule has 0 spiro atoms. The zero-order valence-corrected chi connectivity index (χ0v) is 11.5. The van der Waals surface area contributed by atoms with Gasteiger partial charge in [-0.05, 0) is 19.0 Å². The minimum absolute atomic E-state index is 0.0213. The van der Waals surface area contributed by atoms with Gasteiger partial charge < -0.3 is 4.90 Å². The molecule has 6 heteroatoms. The molecule has 0 atom stereocenters. The predicted octanol–water partition coefficient (Wildman–Crippen LogP) is 2.38. The molecule has 0 aromatic carbocycles. The Balaban J connectivity index is 4.58. The van der Waals surface area contributed by atoms with Crippen molar-refractivity contribution in [2.24, 2.45) is 5.92 Å². The summed E-state index contributed by atoms with van der Waals surface area (Å²) in [5, 5.41) is 0. The average molecular weight is 268 g/mol. The van der Waals surface area contributed by atoms with E-state index in [9.17, 15) is 18.0 Å². The van der Waals surface area contributed by atoms with Gasteiger partial charge in [0.2, 0.25) is 5.91 Å². The Morgan fingerprint density at radius 1 is 1.17 bits per heavy atom. The molecule has 0 aromatic heterocycles. The SMILES string of the molecule is CCN(CC)CC(=O)N(CC(C)C)CC(F)(F)F. The zero-order chi connectivity index (χ0) is 14.3. The molecule has 0 rings (SSSR count). The highest BCUT2D eigenvalue weighted by Gasteiger charge is 2.33. The summed E-state index contributed by atoms with van der Waals surface area (Å²) < 4.78 is 37.2. The molecule has 0 fully saturated rings. The molecule has 0 aliphatic heterocycles. The van der Waals surface area contributed by atoms with Crippen LogP contribution in [-0.4, -0.2) is 54.6 Å². The fourth-order valence-corrected chi connectivity index (χ4v) is 1.65. The number of halogens is 3. The van der Waals surface area contributed by atoms with Gasteiger partial charge in [-0.2, -0.15) is 13.2 Å². The van der Waals surface area contributed by atoms with Gasteiger partial charge in [-0.1, -0.05) is 27.7 Å². The van der Waals surface area contributed by atoms with E-state index in [2.05, 4.69) is 0 Å². The van der Waals surface area contributed by atoms with E-state index in [1.807, 2.05) is 18.7 Å². The molecular formula is C12H23F3N2O. The van der Waals surface area contributed by atoms with E-state index in [1.54, 1.807) is 13.8 Å². The third-order valence-electron chi connectivity index (χ3n) is 2.56. The molecular weight excluding hydrogens is 245 g/mol. The van der Waals surface area contributed by atoms with Crippen LogP contribution < -0.4 is 0 Å². The molecule has 108 valence electrons. The highest BCUT2D eigenvalue weighted by atomic mass is 19.4. The van der Waals surface area contributed by atoms with Crippen LogP contribution in [0.15, 0.2) is 0 Å². The smallest absolute Gasteiger partial charge is 0.332 e. The highest BCUT2D eigenvalue weighted by molar-refractivity contribution is 5.78. The molecule has 0 aromatic rings. The second-order valence-electron chi connectivity index (χ2n) is 4.74. The molecule has 0 aliphatic rings. The van der Waals surface area contributed by atoms with Crippen LogP contribution in [0, 0.1) is 5.92 Å². The lowest BCUT2D eigenvalue weighted by Crippen LogP contribution is -2.45. The van der Waals surface area contributed by atoms with Gasteiger partial charge in [0, 0.05) is 6.54 Å². The standard InChI is InChI=1S/C12H23F3N2O/c1-5-16(6-2)8-11(18)17(7-10(3)4)9-12(13,14)15/h10H,5-9H2,1-4H3. The van der Waals surface area contributed by atoms with Gasteiger partial charge in [0.1, 0.15) is 6.54 Å². The minimum Gasteiger partial charge on any atom is -0.332 e. The Morgan fingerprint density at radius 3 is 2.00 bits per heavy atom. The molecule has 0 aliphatic carbocycles. The lowest BCUT2D eigenvalue weighted by molar-refractivity contribution is -0.162. The Labute approximate surface area is 107 Å². The number of nitrogens with zero attached hydrogens (tertiary/aromatic N) is 2. The monoisotopic (exact) mass is 268 g/mol. The third kappa shape index (κ3) is 7.53. The van der Waals surface area contributed by atoms with Crippen molar-refractivity contribution in [1.82, 2.24) is 9.80 Å². The van der Waals surface area contributed by atoms with Crippen LogP contribution in [0.4, 0.5) is 13.2 Å². The second-order valence-corrected chi connectivity index (χ2v) is 4.74. The van der Waals surface area contributed by atoms with Crippen LogP contribution >= 0.6 is 0 Å². The summed E-state index contributed by atoms with van der Waals surface area (Å²) in [5.41, 5.74) is 0. The summed E-state index contributed by atoms with van der Waals surface area (Å²) in [4.78, 5) is 14.6. The normalized spacial score (nSPS) is 12.3. The van der Waals surface area contributed by atoms with Crippen LogP contribution in [0.3, 0.4) is 0 Å². The summed E-state index contributed by atoms with van der Waals surface area (Å²) in [6.45, 7) is 7.71. The lowest BCUT2D eigenvalue weighted by atomic mass is 10.2. The molecule has 0 heterocycles. The summed E-state index contributed by atoms with van der Waals surface area (Å²) in [7, 11) is 0. The van der Waals surface area contributed by atoms with E-state index in [0.29, 0.717) is 13.1 Å². The first-order valence-corrected chi connectivity index (χ1v) is 6.26. The Hall–Kier alpha value is -0.780. The van der Waals surface area contributed by atoms with Crippen molar-refractivity contribution in [3.63, 3.8) is 0 Å². The van der Waals surface area contributed by atoms with Gasteiger partial charge >= 0.3 is 6.18 Å². The van der Waals surface area contributed by atoms with Crippen LogP contribution in [0.25, 0.3) is 0 Å². The third-order valence-corrected chi connectivity index (χ3v) is 2.56. The number of hydrogen-bond acceptors (Lipinski definition) is 2. The van der Waals surface area contributed by atoms with Gasteiger partial charge in [-0.15, -0.1) is 0 Å². The largest absolute Gasteiger partial charge is 0.406 e. The van der Waals surface area contributed by atoms with Crippen molar-refractivity contribution in [1.29, 1.82) is 0 Å². The molecule has 0 saturated carbocycles. The number of alkyl halides is 3. The molecule has 0 radical (unpaired) electrons. The first-order valence-electron chi connectivity index (χ1n) is 6.26. The lowest BCUT2D eigenvalue weighted by Gasteiger charge is -2.28. The quantitative estimate of drug-likeness (QED) is 0.707. The number of likely N-dealkylation sites (N-methyl/N-ethyl adjacent to an activating group) is 1. The van der Waals surface area contributed by atoms with Crippen molar-refractivity contribution < 1.29 is 18.0 Å². The van der Waals surface area contributed by atoms with Crippen LogP contribution in [0.2, 0.25) is 0 Å². The summed E-state index contributed by atoms with van der Waals surface area (Å²) in [5.74, 6) is -0.433. The molecule has 0 bridgehead atoms. The zero-order valence-electron chi connectivity index (χ0n) is 11.5. The predicted molar refractivity (Wildman–Crippen MR) is 65.3 cm³/mol. The molecule has 0 N–H and O–H groups in total. The van der Waals surface area contributed by atoms with E-state index >= 15 is 0 Å². The maximum absolute atomic E-state index is 12.4. The number of carbonyl (C=O) groups is 1. The van der Waals surface area contributed by atoms with Crippen LogP contribution in [-0.2, 0) is 4.79 Å². The van der Waals surface area contributed by atoms with Crippen molar-refractivity contribution in [3.8, 4) is 0 Å². The number of carbonyl (C=O) groups excluding carboxylic acids is 1. The number of hydrogen-bond donors (Lipinski definition) is 0. The van der Waals surface area contributed by atoms with Crippen molar-refractivity contribution in [3.05, 3.63) is 0 Å². The molecule has 0 saturated heterocycles. The van der Waals surface area contributed by atoms with Crippen LogP contribution in [0.5, 0.6) is 0 Å². The molecule has 1 amide bonds. The molecule has 0 unspecified atom stereocenters. The van der Waals surface area contributed by atoms with Gasteiger partial charge in [-0.25, -0.2) is 0 Å². The van der Waals surface area contributed by atoms with Crippen molar-refractivity contribution >= 4 is 5.91 Å². The van der Waals surface area contributed by atoms with Gasteiger partial charge in [-0.3, -0.25) is 9.69 Å².